The summed E-state index contributed by atoms with van der Waals surface area (Å²) in [6, 6.07) is 4.29. The lowest BCUT2D eigenvalue weighted by molar-refractivity contribution is -0.149. The van der Waals surface area contributed by atoms with E-state index in [4.69, 9.17) is 19.2 Å². The minimum absolute atomic E-state index is 0.0644. The maximum Gasteiger partial charge on any atom is 0.338 e. The number of hydrogen-bond acceptors (Lipinski definition) is 10. The van der Waals surface area contributed by atoms with Crippen LogP contribution in [0.5, 0.6) is 5.06 Å². The van der Waals surface area contributed by atoms with Crippen LogP contribution in [-0.2, 0) is 19.1 Å². The minimum atomic E-state index is -0.986. The van der Waals surface area contributed by atoms with Gasteiger partial charge in [0.15, 0.2) is 15.9 Å². The number of aromatic nitrogens is 1. The van der Waals surface area contributed by atoms with E-state index in [1.807, 2.05) is 25.1 Å². The van der Waals surface area contributed by atoms with Crippen molar-refractivity contribution in [1.29, 1.82) is 0 Å². The average Bonchev–Trinajstić information content (AvgIpc) is 3.33. The summed E-state index contributed by atoms with van der Waals surface area (Å²) in [4.78, 5) is 36.3. The van der Waals surface area contributed by atoms with Gasteiger partial charge in [-0.25, -0.2) is 9.78 Å². The average molecular weight is 579 g/mol. The van der Waals surface area contributed by atoms with E-state index in [0.29, 0.717) is 40.3 Å². The Balaban J connectivity index is 1.84. The van der Waals surface area contributed by atoms with E-state index in [9.17, 15) is 14.7 Å². The Bertz CT molecular complexity index is 1210. The topological polar surface area (TPSA) is 123 Å². The molecule has 2 atom stereocenters. The molecule has 12 heteroatoms. The Morgan fingerprint density at radius 2 is 2.19 bits per heavy atom. The van der Waals surface area contributed by atoms with Gasteiger partial charge in [-0.05, 0) is 31.0 Å². The predicted octanol–water partition coefficient (Wildman–Crippen LogP) is 2.92. The largest absolute Gasteiger partial charge is 0.486 e. The van der Waals surface area contributed by atoms with Gasteiger partial charge in [0.1, 0.15) is 12.1 Å². The van der Waals surface area contributed by atoms with Crippen molar-refractivity contribution in [2.45, 2.75) is 25.9 Å². The van der Waals surface area contributed by atoms with Crippen LogP contribution in [0.3, 0.4) is 0 Å². The highest BCUT2D eigenvalue weighted by atomic mass is 79.9. The molecule has 0 spiro atoms. The maximum absolute atomic E-state index is 13.3. The molecular formula is C24H27BrN4O6S. The van der Waals surface area contributed by atoms with E-state index < -0.39 is 24.0 Å². The number of carbonyl (C=O) groups excluding carboxylic acids is 1. The zero-order valence-corrected chi connectivity index (χ0v) is 22.5. The first-order chi connectivity index (χ1) is 17.3. The lowest BCUT2D eigenvalue weighted by Crippen LogP contribution is -2.52. The van der Waals surface area contributed by atoms with Gasteiger partial charge in [-0.2, -0.15) is 0 Å². The zero-order valence-electron chi connectivity index (χ0n) is 20.1. The van der Waals surface area contributed by atoms with E-state index >= 15 is 0 Å². The fourth-order valence-corrected chi connectivity index (χ4v) is 5.47. The lowest BCUT2D eigenvalue weighted by atomic mass is 9.94. The number of aryl methyl sites for hydroxylation is 1. The van der Waals surface area contributed by atoms with E-state index in [0.717, 1.165) is 15.6 Å². The number of aliphatic imine (C=N–C) groups is 1. The minimum Gasteiger partial charge on any atom is -0.486 e. The first-order valence-corrected chi connectivity index (χ1v) is 13.0. The van der Waals surface area contributed by atoms with Crippen molar-refractivity contribution in [3.63, 3.8) is 0 Å². The molecule has 0 amide bonds. The molecule has 36 heavy (non-hydrogen) atoms. The molecule has 1 aromatic heterocycles. The third-order valence-electron chi connectivity index (χ3n) is 5.85. The van der Waals surface area contributed by atoms with Crippen LogP contribution in [0.15, 0.2) is 45.1 Å². The molecule has 4 rings (SSSR count). The number of carboxylic acids is 1. The number of carbonyl (C=O) groups is 2. The van der Waals surface area contributed by atoms with Crippen molar-refractivity contribution in [3.8, 4) is 5.06 Å². The predicted molar refractivity (Wildman–Crippen MR) is 137 cm³/mol. The van der Waals surface area contributed by atoms with Gasteiger partial charge in [0.25, 0.3) is 0 Å². The summed E-state index contributed by atoms with van der Waals surface area (Å²) >= 11 is 4.95. The third kappa shape index (κ3) is 5.61. The van der Waals surface area contributed by atoms with Crippen LogP contribution >= 0.6 is 27.3 Å². The maximum atomic E-state index is 13.3. The summed E-state index contributed by atoms with van der Waals surface area (Å²) < 4.78 is 16.9. The van der Waals surface area contributed by atoms with Crippen molar-refractivity contribution in [1.82, 2.24) is 15.2 Å². The van der Waals surface area contributed by atoms with Gasteiger partial charge in [0.05, 0.1) is 38.7 Å². The van der Waals surface area contributed by atoms with Crippen LogP contribution < -0.4 is 10.1 Å². The number of ether oxygens (including phenoxy) is 3. The SMILES string of the molecule is CCOC(=O)C1=C(CN2CCOCC2C(=O)O)NC(c2ncc(OC)s2)=NC1c1ccc(C)cc1Br. The van der Waals surface area contributed by atoms with Crippen LogP contribution in [0.4, 0.5) is 0 Å². The van der Waals surface area contributed by atoms with Crippen LogP contribution in [0.2, 0.25) is 0 Å². The molecule has 10 nitrogen and oxygen atoms in total. The highest BCUT2D eigenvalue weighted by Gasteiger charge is 2.37. The van der Waals surface area contributed by atoms with Gasteiger partial charge in [0, 0.05) is 23.3 Å². The second kappa shape index (κ2) is 11.5. The molecule has 0 bridgehead atoms. The van der Waals surface area contributed by atoms with Gasteiger partial charge in [-0.1, -0.05) is 39.4 Å². The Morgan fingerprint density at radius 1 is 1.39 bits per heavy atom. The normalized spacial score (nSPS) is 20.5. The van der Waals surface area contributed by atoms with Crippen molar-refractivity contribution in [2.75, 3.05) is 40.0 Å². The number of aliphatic carboxylic acids is 1. The number of morpholine rings is 1. The Morgan fingerprint density at radius 3 is 2.86 bits per heavy atom. The molecule has 2 aliphatic heterocycles. The first-order valence-electron chi connectivity index (χ1n) is 11.4. The summed E-state index contributed by atoms with van der Waals surface area (Å²) in [5.74, 6) is -1.04. The summed E-state index contributed by atoms with van der Waals surface area (Å²) in [5, 5.41) is 14.2. The van der Waals surface area contributed by atoms with E-state index in [1.165, 1.54) is 11.3 Å². The summed E-state index contributed by atoms with van der Waals surface area (Å²) in [6.07, 6.45) is 1.60. The number of hydrogen-bond donors (Lipinski definition) is 2. The fraction of sp³-hybridized carbons (Fsp3) is 0.417. The van der Waals surface area contributed by atoms with E-state index in [2.05, 4.69) is 26.2 Å². The first kappa shape index (κ1) is 26.3. The van der Waals surface area contributed by atoms with Gasteiger partial charge >= 0.3 is 11.9 Å². The molecule has 1 saturated heterocycles. The van der Waals surface area contributed by atoms with Crippen LogP contribution in [-0.4, -0.2) is 78.8 Å². The number of amidine groups is 1. The summed E-state index contributed by atoms with van der Waals surface area (Å²) in [6.45, 7) is 4.92. The molecule has 1 aromatic carbocycles. The molecule has 0 radical (unpaired) electrons. The number of rotatable bonds is 8. The molecule has 1 fully saturated rings. The summed E-state index contributed by atoms with van der Waals surface area (Å²) in [5.41, 5.74) is 2.66. The smallest absolute Gasteiger partial charge is 0.338 e. The second-order valence-electron chi connectivity index (χ2n) is 8.23. The molecule has 3 heterocycles. The van der Waals surface area contributed by atoms with Crippen LogP contribution in [0.25, 0.3) is 0 Å². The van der Waals surface area contributed by atoms with Crippen molar-refractivity contribution in [3.05, 3.63) is 56.3 Å². The fourth-order valence-electron chi connectivity index (χ4n) is 4.08. The molecule has 0 saturated carbocycles. The molecule has 2 unspecified atom stereocenters. The number of carboxylic acid groups (broad SMARTS) is 1. The molecular weight excluding hydrogens is 552 g/mol. The number of halogens is 1. The van der Waals surface area contributed by atoms with Crippen LogP contribution in [0.1, 0.15) is 29.1 Å². The lowest BCUT2D eigenvalue weighted by Gasteiger charge is -2.35. The zero-order chi connectivity index (χ0) is 25.8. The monoisotopic (exact) mass is 578 g/mol. The van der Waals surface area contributed by atoms with Crippen molar-refractivity contribution < 1.29 is 28.9 Å². The van der Waals surface area contributed by atoms with E-state index in [1.54, 1.807) is 25.1 Å². The van der Waals surface area contributed by atoms with Crippen molar-refractivity contribution >= 4 is 45.0 Å². The molecule has 2 N–H and O–H groups in total. The standard InChI is InChI=1S/C24H27BrN4O6S/c1-4-35-24(32)19-16(11-29-7-8-34-12-17(29)23(30)31)27-21(22-26-10-18(33-3)36-22)28-20(19)14-6-5-13(2)9-15(14)25/h5-6,9-10,17,20H,4,7-8,11-12H2,1-3H3,(H,27,28)(H,30,31). The molecule has 0 aliphatic carbocycles. The van der Waals surface area contributed by atoms with Crippen LogP contribution in [0, 0.1) is 6.92 Å². The number of nitrogens with zero attached hydrogens (tertiary/aromatic N) is 3. The molecule has 2 aromatic rings. The van der Waals surface area contributed by atoms with Gasteiger partial charge in [0.2, 0.25) is 0 Å². The summed E-state index contributed by atoms with van der Waals surface area (Å²) in [7, 11) is 1.56. The number of thiazole rings is 1. The highest BCUT2D eigenvalue weighted by Crippen LogP contribution is 2.37. The molecule has 2 aliphatic rings. The van der Waals surface area contributed by atoms with Gasteiger partial charge < -0.3 is 24.6 Å². The van der Waals surface area contributed by atoms with Crippen molar-refractivity contribution in [2.24, 2.45) is 4.99 Å². The Kier molecular flexibility index (Phi) is 8.39. The number of methoxy groups -OCH3 is 1. The number of nitrogens with one attached hydrogen (secondary N) is 1. The van der Waals surface area contributed by atoms with E-state index in [-0.39, 0.29) is 19.8 Å². The third-order valence-corrected chi connectivity index (χ3v) is 7.50. The Labute approximate surface area is 221 Å². The second-order valence-corrected chi connectivity index (χ2v) is 10.1. The van der Waals surface area contributed by atoms with Gasteiger partial charge in [-0.3, -0.25) is 14.7 Å². The number of esters is 1. The highest BCUT2D eigenvalue weighted by molar-refractivity contribution is 9.10. The molecule has 192 valence electrons. The Hall–Kier alpha value is -2.80. The number of benzene rings is 1. The van der Waals surface area contributed by atoms with Gasteiger partial charge in [-0.15, -0.1) is 0 Å². The quantitative estimate of drug-likeness (QED) is 0.455.